The zero-order chi connectivity index (χ0) is 12.8. The fraction of sp³-hybridized carbons (Fsp3) is 0.364. The topological polar surface area (TPSA) is 102 Å². The molecule has 0 aromatic heterocycles. The smallest absolute Gasteiger partial charge is 0.216 e. The van der Waals surface area contributed by atoms with Gasteiger partial charge in [0.15, 0.2) is 11.5 Å². The van der Waals surface area contributed by atoms with Crippen molar-refractivity contribution in [1.82, 2.24) is 10.6 Å². The summed E-state index contributed by atoms with van der Waals surface area (Å²) in [5.74, 6) is -1.32. The number of rotatable bonds is 5. The Bertz CT molecular complexity index is 407. The highest BCUT2D eigenvalue weighted by atomic mass is 16.3. The maximum atomic E-state index is 10.6. The summed E-state index contributed by atoms with van der Waals surface area (Å²) in [4.78, 5) is 10.6. The van der Waals surface area contributed by atoms with Gasteiger partial charge in [0.25, 0.3) is 0 Å². The second-order valence-electron chi connectivity index (χ2n) is 3.60. The van der Waals surface area contributed by atoms with E-state index in [4.69, 9.17) is 5.11 Å². The van der Waals surface area contributed by atoms with Crippen molar-refractivity contribution >= 4 is 5.91 Å². The number of carbonyl (C=O) groups excluding carboxylic acids is 1. The van der Waals surface area contributed by atoms with Crippen molar-refractivity contribution in [3.05, 3.63) is 17.7 Å². The molecule has 0 saturated heterocycles. The van der Waals surface area contributed by atoms with Crippen LogP contribution >= 0.6 is 0 Å². The van der Waals surface area contributed by atoms with E-state index >= 15 is 0 Å². The Labute approximate surface area is 98.9 Å². The number of nitrogens with one attached hydrogen (secondary N) is 2. The predicted octanol–water partition coefficient (Wildman–Crippen LogP) is 0.0291. The third-order valence-corrected chi connectivity index (χ3v) is 2.20. The van der Waals surface area contributed by atoms with E-state index in [9.17, 15) is 15.0 Å². The third kappa shape index (κ3) is 3.84. The highest BCUT2D eigenvalue weighted by molar-refractivity contribution is 5.72. The molecule has 0 unspecified atom stereocenters. The Kier molecular flexibility index (Phi) is 4.59. The van der Waals surface area contributed by atoms with E-state index < -0.39 is 5.75 Å². The van der Waals surface area contributed by atoms with Crippen molar-refractivity contribution in [3.63, 3.8) is 0 Å². The molecule has 1 amide bonds. The van der Waals surface area contributed by atoms with Crippen LogP contribution in [0, 0.1) is 0 Å². The summed E-state index contributed by atoms with van der Waals surface area (Å²) in [6.45, 7) is 2.80. The minimum Gasteiger partial charge on any atom is -0.504 e. The summed E-state index contributed by atoms with van der Waals surface area (Å²) in [6.07, 6.45) is 0. The lowest BCUT2D eigenvalue weighted by Crippen LogP contribution is -2.29. The quantitative estimate of drug-likeness (QED) is 0.369. The minimum absolute atomic E-state index is 0.100. The summed E-state index contributed by atoms with van der Waals surface area (Å²) in [5.41, 5.74) is 0.475. The van der Waals surface area contributed by atoms with Gasteiger partial charge in [0.2, 0.25) is 11.7 Å². The van der Waals surface area contributed by atoms with Gasteiger partial charge in [-0.25, -0.2) is 0 Å². The lowest BCUT2D eigenvalue weighted by atomic mass is 10.1. The largest absolute Gasteiger partial charge is 0.504 e. The lowest BCUT2D eigenvalue weighted by Gasteiger charge is -2.09. The molecule has 0 spiro atoms. The second-order valence-corrected chi connectivity index (χ2v) is 3.60. The van der Waals surface area contributed by atoms with Crippen molar-refractivity contribution in [2.45, 2.75) is 13.5 Å². The number of hydrogen-bond donors (Lipinski definition) is 5. The van der Waals surface area contributed by atoms with Gasteiger partial charge in [-0.1, -0.05) is 6.07 Å². The summed E-state index contributed by atoms with van der Waals surface area (Å²) >= 11 is 0. The third-order valence-electron chi connectivity index (χ3n) is 2.20. The van der Waals surface area contributed by atoms with E-state index in [0.717, 1.165) is 0 Å². The number of hydrogen-bond acceptors (Lipinski definition) is 5. The molecular formula is C11H16N2O4. The van der Waals surface area contributed by atoms with Crippen LogP contribution < -0.4 is 10.6 Å². The first-order chi connectivity index (χ1) is 8.02. The number of carbonyl (C=O) groups is 1. The predicted molar refractivity (Wildman–Crippen MR) is 61.8 cm³/mol. The Morgan fingerprint density at radius 3 is 2.53 bits per heavy atom. The monoisotopic (exact) mass is 240 g/mol. The number of phenols is 3. The van der Waals surface area contributed by atoms with Gasteiger partial charge in [-0.05, 0) is 6.07 Å². The van der Waals surface area contributed by atoms with E-state index in [2.05, 4.69) is 10.6 Å². The first-order valence-corrected chi connectivity index (χ1v) is 5.20. The maximum Gasteiger partial charge on any atom is 0.216 e. The fourth-order valence-electron chi connectivity index (χ4n) is 1.30. The Hall–Kier alpha value is -1.95. The summed E-state index contributed by atoms with van der Waals surface area (Å²) in [7, 11) is 0. The van der Waals surface area contributed by atoms with Gasteiger partial charge in [0.05, 0.1) is 0 Å². The highest BCUT2D eigenvalue weighted by Gasteiger charge is 2.10. The van der Waals surface area contributed by atoms with Crippen molar-refractivity contribution in [2.24, 2.45) is 0 Å². The van der Waals surface area contributed by atoms with Crippen LogP contribution in [0.25, 0.3) is 0 Å². The van der Waals surface area contributed by atoms with E-state index in [1.165, 1.54) is 19.1 Å². The molecule has 1 aromatic carbocycles. The van der Waals surface area contributed by atoms with Crippen LogP contribution in [-0.4, -0.2) is 34.3 Å². The van der Waals surface area contributed by atoms with Crippen molar-refractivity contribution in [2.75, 3.05) is 13.1 Å². The van der Waals surface area contributed by atoms with E-state index in [1.807, 2.05) is 0 Å². The van der Waals surface area contributed by atoms with Crippen molar-refractivity contribution < 1.29 is 20.1 Å². The molecule has 1 rings (SSSR count). The standard InChI is InChI=1S/C11H16N2O4/c1-7(14)13-5-4-12-6-8-2-3-9(15)11(17)10(8)16/h2-3,12,15-17H,4-6H2,1H3,(H,13,14). The Morgan fingerprint density at radius 2 is 1.88 bits per heavy atom. The molecule has 0 atom stereocenters. The lowest BCUT2D eigenvalue weighted by molar-refractivity contribution is -0.118. The van der Waals surface area contributed by atoms with Gasteiger partial charge in [-0.15, -0.1) is 0 Å². The zero-order valence-corrected chi connectivity index (χ0v) is 9.53. The van der Waals surface area contributed by atoms with Crippen LogP contribution in [-0.2, 0) is 11.3 Å². The molecule has 1 aromatic rings. The van der Waals surface area contributed by atoms with Gasteiger partial charge in [0, 0.05) is 32.1 Å². The molecule has 6 nitrogen and oxygen atoms in total. The van der Waals surface area contributed by atoms with Crippen LogP contribution in [0.2, 0.25) is 0 Å². The minimum atomic E-state index is -0.522. The molecule has 0 aliphatic heterocycles. The van der Waals surface area contributed by atoms with E-state index in [1.54, 1.807) is 0 Å². The van der Waals surface area contributed by atoms with Crippen molar-refractivity contribution in [3.8, 4) is 17.2 Å². The summed E-state index contributed by atoms with van der Waals surface area (Å²) in [5, 5.41) is 33.5. The van der Waals surface area contributed by atoms with Crippen LogP contribution in [0.3, 0.4) is 0 Å². The van der Waals surface area contributed by atoms with Gasteiger partial charge in [0.1, 0.15) is 0 Å². The summed E-state index contributed by atoms with van der Waals surface area (Å²) < 4.78 is 0. The molecule has 0 aliphatic carbocycles. The number of amides is 1. The fourth-order valence-corrected chi connectivity index (χ4v) is 1.30. The number of aromatic hydroxyl groups is 3. The summed E-state index contributed by atoms with van der Waals surface area (Å²) in [6, 6.07) is 2.82. The van der Waals surface area contributed by atoms with Gasteiger partial charge in [-0.2, -0.15) is 0 Å². The van der Waals surface area contributed by atoms with E-state index in [-0.39, 0.29) is 17.4 Å². The molecule has 0 aliphatic rings. The highest BCUT2D eigenvalue weighted by Crippen LogP contribution is 2.36. The Morgan fingerprint density at radius 1 is 1.18 bits per heavy atom. The number of phenolic OH excluding ortho intramolecular Hbond substituents is 3. The first-order valence-electron chi connectivity index (χ1n) is 5.20. The van der Waals surface area contributed by atoms with Crippen LogP contribution in [0.4, 0.5) is 0 Å². The molecule has 0 heterocycles. The molecule has 17 heavy (non-hydrogen) atoms. The van der Waals surface area contributed by atoms with E-state index in [0.29, 0.717) is 25.2 Å². The maximum absolute atomic E-state index is 10.6. The molecule has 0 bridgehead atoms. The number of benzene rings is 1. The molecule has 94 valence electrons. The van der Waals surface area contributed by atoms with Crippen LogP contribution in [0.5, 0.6) is 17.2 Å². The van der Waals surface area contributed by atoms with Crippen LogP contribution in [0.15, 0.2) is 12.1 Å². The second kappa shape index (κ2) is 5.95. The molecule has 6 heteroatoms. The molecule has 0 saturated carbocycles. The molecule has 0 fully saturated rings. The molecule has 0 radical (unpaired) electrons. The molecular weight excluding hydrogens is 224 g/mol. The average Bonchev–Trinajstić information content (AvgIpc) is 2.28. The Balaban J connectivity index is 2.42. The average molecular weight is 240 g/mol. The van der Waals surface area contributed by atoms with Crippen molar-refractivity contribution in [1.29, 1.82) is 0 Å². The van der Waals surface area contributed by atoms with Gasteiger partial charge >= 0.3 is 0 Å². The van der Waals surface area contributed by atoms with Gasteiger partial charge < -0.3 is 26.0 Å². The normalized spacial score (nSPS) is 10.2. The van der Waals surface area contributed by atoms with Crippen LogP contribution in [0.1, 0.15) is 12.5 Å². The first kappa shape index (κ1) is 13.1. The zero-order valence-electron chi connectivity index (χ0n) is 9.53. The SMILES string of the molecule is CC(=O)NCCNCc1ccc(O)c(O)c1O. The van der Waals surface area contributed by atoms with Gasteiger partial charge in [-0.3, -0.25) is 4.79 Å². The molecule has 5 N–H and O–H groups in total.